The van der Waals surface area contributed by atoms with Crippen LogP contribution in [0, 0.1) is 5.92 Å². The van der Waals surface area contributed by atoms with E-state index < -0.39 is 0 Å². The van der Waals surface area contributed by atoms with Gasteiger partial charge in [0.15, 0.2) is 0 Å². The van der Waals surface area contributed by atoms with E-state index in [0.29, 0.717) is 19.8 Å². The monoisotopic (exact) mass is 263 g/mol. The van der Waals surface area contributed by atoms with E-state index in [1.807, 2.05) is 0 Å². The highest BCUT2D eigenvalue weighted by molar-refractivity contribution is 5.78. The molecular formula is C14H21N3O2. The zero-order chi connectivity index (χ0) is 13.1. The minimum atomic E-state index is 0.110. The summed E-state index contributed by atoms with van der Waals surface area (Å²) in [6, 6.07) is 0. The van der Waals surface area contributed by atoms with Gasteiger partial charge in [-0.15, -0.1) is 0 Å². The number of nitrogens with zero attached hydrogens (tertiary/aromatic N) is 1. The molecule has 0 bridgehead atoms. The van der Waals surface area contributed by atoms with E-state index in [0.717, 1.165) is 31.5 Å². The summed E-state index contributed by atoms with van der Waals surface area (Å²) in [4.78, 5) is 19.9. The second-order valence-corrected chi connectivity index (χ2v) is 5.42. The van der Waals surface area contributed by atoms with Gasteiger partial charge in [-0.1, -0.05) is 0 Å². The third kappa shape index (κ3) is 2.97. The van der Waals surface area contributed by atoms with E-state index in [-0.39, 0.29) is 11.8 Å². The van der Waals surface area contributed by atoms with Crippen molar-refractivity contribution in [3.05, 3.63) is 17.2 Å². The van der Waals surface area contributed by atoms with E-state index in [9.17, 15) is 4.79 Å². The van der Waals surface area contributed by atoms with Crippen LogP contribution in [0.2, 0.25) is 0 Å². The molecule has 5 heteroatoms. The number of amides is 1. The third-order valence-corrected chi connectivity index (χ3v) is 4.03. The molecule has 0 radical (unpaired) electrons. The fraction of sp³-hybridized carbons (Fsp3) is 0.714. The predicted octanol–water partition coefficient (Wildman–Crippen LogP) is 1.33. The maximum Gasteiger partial charge on any atom is 0.223 e. The number of fused-ring (bicyclic) bond motifs is 1. The molecule has 1 saturated heterocycles. The van der Waals surface area contributed by atoms with Gasteiger partial charge in [0.25, 0.3) is 0 Å². The molecule has 0 unspecified atom stereocenters. The molecule has 2 aliphatic rings. The molecule has 19 heavy (non-hydrogen) atoms. The normalized spacial score (nSPS) is 20.0. The Balaban J connectivity index is 1.53. The first-order chi connectivity index (χ1) is 9.33. The Morgan fingerprint density at radius 2 is 2.11 bits per heavy atom. The van der Waals surface area contributed by atoms with Crippen LogP contribution in [0.15, 0.2) is 0 Å². The largest absolute Gasteiger partial charge is 0.381 e. The van der Waals surface area contributed by atoms with Crippen LogP contribution < -0.4 is 5.32 Å². The molecule has 0 saturated carbocycles. The van der Waals surface area contributed by atoms with Crippen LogP contribution in [0.3, 0.4) is 0 Å². The van der Waals surface area contributed by atoms with Crippen molar-refractivity contribution in [3.8, 4) is 0 Å². The molecule has 1 fully saturated rings. The SMILES string of the molecule is O=C(NCc1nc2c([nH]1)CCCC2)C1CCOCC1. The van der Waals surface area contributed by atoms with Crippen molar-refractivity contribution >= 4 is 5.91 Å². The zero-order valence-corrected chi connectivity index (χ0v) is 11.2. The van der Waals surface area contributed by atoms with Crippen LogP contribution in [0.1, 0.15) is 42.9 Å². The molecule has 1 aliphatic heterocycles. The first-order valence-corrected chi connectivity index (χ1v) is 7.25. The Kier molecular flexibility index (Phi) is 3.82. The van der Waals surface area contributed by atoms with Crippen molar-refractivity contribution in [1.82, 2.24) is 15.3 Å². The van der Waals surface area contributed by atoms with Gasteiger partial charge in [-0.25, -0.2) is 4.98 Å². The highest BCUT2D eigenvalue weighted by Gasteiger charge is 2.21. The molecule has 0 atom stereocenters. The van der Waals surface area contributed by atoms with Crippen molar-refractivity contribution in [3.63, 3.8) is 0 Å². The molecule has 0 aromatic carbocycles. The van der Waals surface area contributed by atoms with Gasteiger partial charge in [-0.2, -0.15) is 0 Å². The molecule has 0 spiro atoms. The third-order valence-electron chi connectivity index (χ3n) is 4.03. The number of aryl methyl sites for hydroxylation is 2. The van der Waals surface area contributed by atoms with E-state index in [2.05, 4.69) is 15.3 Å². The Morgan fingerprint density at radius 1 is 1.32 bits per heavy atom. The van der Waals surface area contributed by atoms with Crippen molar-refractivity contribution < 1.29 is 9.53 Å². The maximum absolute atomic E-state index is 12.0. The van der Waals surface area contributed by atoms with Crippen LogP contribution in [-0.2, 0) is 28.9 Å². The lowest BCUT2D eigenvalue weighted by Crippen LogP contribution is -2.34. The molecular weight excluding hydrogens is 242 g/mol. The Bertz CT molecular complexity index is 426. The lowest BCUT2D eigenvalue weighted by atomic mass is 9.99. The van der Waals surface area contributed by atoms with E-state index >= 15 is 0 Å². The average molecular weight is 263 g/mol. The number of H-pyrrole nitrogens is 1. The summed E-state index contributed by atoms with van der Waals surface area (Å²) in [5.41, 5.74) is 2.46. The first-order valence-electron chi connectivity index (χ1n) is 7.25. The minimum absolute atomic E-state index is 0.110. The number of aromatic amines is 1. The van der Waals surface area contributed by atoms with Gasteiger partial charge in [0, 0.05) is 24.8 Å². The summed E-state index contributed by atoms with van der Waals surface area (Å²) in [5.74, 6) is 1.14. The topological polar surface area (TPSA) is 67.0 Å². The Labute approximate surface area is 113 Å². The zero-order valence-electron chi connectivity index (χ0n) is 11.2. The molecule has 1 amide bonds. The summed E-state index contributed by atoms with van der Waals surface area (Å²) in [6.45, 7) is 1.92. The fourth-order valence-corrected chi connectivity index (χ4v) is 2.87. The van der Waals surface area contributed by atoms with Crippen molar-refractivity contribution in [1.29, 1.82) is 0 Å². The van der Waals surface area contributed by atoms with Crippen LogP contribution >= 0.6 is 0 Å². The molecule has 2 N–H and O–H groups in total. The lowest BCUT2D eigenvalue weighted by molar-refractivity contribution is -0.128. The molecule has 5 nitrogen and oxygen atoms in total. The fourth-order valence-electron chi connectivity index (χ4n) is 2.87. The van der Waals surface area contributed by atoms with E-state index in [4.69, 9.17) is 4.74 Å². The number of aromatic nitrogens is 2. The number of hydrogen-bond acceptors (Lipinski definition) is 3. The lowest BCUT2D eigenvalue weighted by Gasteiger charge is -2.20. The van der Waals surface area contributed by atoms with E-state index in [1.54, 1.807) is 0 Å². The van der Waals surface area contributed by atoms with Gasteiger partial charge in [0.05, 0.1) is 12.2 Å². The van der Waals surface area contributed by atoms with Gasteiger partial charge < -0.3 is 15.0 Å². The first kappa shape index (κ1) is 12.7. The average Bonchev–Trinajstić information content (AvgIpc) is 2.88. The summed E-state index contributed by atoms with van der Waals surface area (Å²) >= 11 is 0. The molecule has 104 valence electrons. The predicted molar refractivity (Wildman–Crippen MR) is 70.6 cm³/mol. The van der Waals surface area contributed by atoms with Crippen LogP contribution in [-0.4, -0.2) is 29.1 Å². The van der Waals surface area contributed by atoms with Crippen molar-refractivity contribution in [2.75, 3.05) is 13.2 Å². The summed E-state index contributed by atoms with van der Waals surface area (Å²) < 4.78 is 5.27. The van der Waals surface area contributed by atoms with Gasteiger partial charge >= 0.3 is 0 Å². The summed E-state index contributed by atoms with van der Waals surface area (Å²) in [7, 11) is 0. The van der Waals surface area contributed by atoms with Crippen LogP contribution in [0.25, 0.3) is 0 Å². The number of carbonyl (C=O) groups excluding carboxylic acids is 1. The number of nitrogens with one attached hydrogen (secondary N) is 2. The standard InChI is InChI=1S/C14H21N3O2/c18-14(10-5-7-19-8-6-10)15-9-13-16-11-3-1-2-4-12(11)17-13/h10H,1-9H2,(H,15,18)(H,16,17). The molecule has 3 rings (SSSR count). The number of hydrogen-bond donors (Lipinski definition) is 2. The number of imidazole rings is 1. The van der Waals surface area contributed by atoms with Gasteiger partial charge in [0.2, 0.25) is 5.91 Å². The highest BCUT2D eigenvalue weighted by Crippen LogP contribution is 2.19. The number of rotatable bonds is 3. The summed E-state index contributed by atoms with van der Waals surface area (Å²) in [5, 5.41) is 2.99. The second-order valence-electron chi connectivity index (χ2n) is 5.42. The minimum Gasteiger partial charge on any atom is -0.381 e. The summed E-state index contributed by atoms with van der Waals surface area (Å²) in [6.07, 6.45) is 6.30. The van der Waals surface area contributed by atoms with Crippen molar-refractivity contribution in [2.45, 2.75) is 45.1 Å². The molecule has 1 aromatic rings. The van der Waals surface area contributed by atoms with E-state index in [1.165, 1.54) is 24.2 Å². The smallest absolute Gasteiger partial charge is 0.223 e. The van der Waals surface area contributed by atoms with Gasteiger partial charge in [-0.05, 0) is 38.5 Å². The van der Waals surface area contributed by atoms with Crippen LogP contribution in [0.5, 0.6) is 0 Å². The maximum atomic E-state index is 12.0. The Morgan fingerprint density at radius 3 is 2.89 bits per heavy atom. The molecule has 1 aromatic heterocycles. The number of ether oxygens (including phenoxy) is 1. The van der Waals surface area contributed by atoms with Gasteiger partial charge in [0.1, 0.15) is 5.82 Å². The van der Waals surface area contributed by atoms with Crippen LogP contribution in [0.4, 0.5) is 0 Å². The second kappa shape index (κ2) is 5.74. The number of carbonyl (C=O) groups is 1. The molecule has 2 heterocycles. The highest BCUT2D eigenvalue weighted by atomic mass is 16.5. The van der Waals surface area contributed by atoms with Crippen molar-refractivity contribution in [2.24, 2.45) is 5.92 Å². The van der Waals surface area contributed by atoms with Gasteiger partial charge in [-0.3, -0.25) is 4.79 Å². The Hall–Kier alpha value is -1.36. The molecule has 1 aliphatic carbocycles. The quantitative estimate of drug-likeness (QED) is 0.864.